The molecule has 0 bridgehead atoms. The van der Waals surface area contributed by atoms with Gasteiger partial charge >= 0.3 is 0 Å². The summed E-state index contributed by atoms with van der Waals surface area (Å²) in [6.07, 6.45) is 1.17. The first-order chi connectivity index (χ1) is 7.72. The van der Waals surface area contributed by atoms with Crippen LogP contribution in [0, 0.1) is 6.92 Å². The van der Waals surface area contributed by atoms with E-state index in [2.05, 4.69) is 55.3 Å². The van der Waals surface area contributed by atoms with Crippen molar-refractivity contribution in [2.45, 2.75) is 33.2 Å². The molecule has 1 unspecified atom stereocenters. The van der Waals surface area contributed by atoms with Crippen LogP contribution in [0.1, 0.15) is 37.6 Å². The van der Waals surface area contributed by atoms with Gasteiger partial charge in [0, 0.05) is 17.3 Å². The molecule has 2 aromatic rings. The zero-order chi connectivity index (χ0) is 11.5. The number of hydrogen-bond acceptors (Lipinski definition) is 1. The summed E-state index contributed by atoms with van der Waals surface area (Å²) < 4.78 is 0. The van der Waals surface area contributed by atoms with E-state index < -0.39 is 0 Å². The number of H-pyrrole nitrogens is 1. The Bertz CT molecular complexity index is 471. The van der Waals surface area contributed by atoms with Gasteiger partial charge in [0.2, 0.25) is 0 Å². The van der Waals surface area contributed by atoms with Crippen LogP contribution in [0.4, 0.5) is 0 Å². The van der Waals surface area contributed by atoms with Crippen LogP contribution in [-0.2, 0) is 0 Å². The van der Waals surface area contributed by atoms with Gasteiger partial charge in [0.1, 0.15) is 0 Å². The number of nitrogens with one attached hydrogen (secondary N) is 2. The Hall–Kier alpha value is -1.28. The zero-order valence-electron chi connectivity index (χ0n) is 10.3. The normalized spacial score (nSPS) is 13.2. The van der Waals surface area contributed by atoms with Crippen LogP contribution in [0.15, 0.2) is 24.3 Å². The first-order valence-corrected chi connectivity index (χ1v) is 6.04. The number of fused-ring (bicyclic) bond motifs is 1. The van der Waals surface area contributed by atoms with Gasteiger partial charge in [0.15, 0.2) is 0 Å². The molecule has 2 heteroatoms. The fourth-order valence-corrected chi connectivity index (χ4v) is 2.03. The molecule has 2 nitrogen and oxygen atoms in total. The van der Waals surface area contributed by atoms with Crippen molar-refractivity contribution in [1.82, 2.24) is 10.3 Å². The first-order valence-electron chi connectivity index (χ1n) is 6.04. The predicted molar refractivity (Wildman–Crippen MR) is 69.7 cm³/mol. The van der Waals surface area contributed by atoms with E-state index in [-0.39, 0.29) is 0 Å². The highest BCUT2D eigenvalue weighted by molar-refractivity contribution is 5.83. The van der Waals surface area contributed by atoms with Crippen LogP contribution in [0.2, 0.25) is 0 Å². The molecular formula is C14H20N2. The van der Waals surface area contributed by atoms with Gasteiger partial charge in [-0.2, -0.15) is 0 Å². The minimum Gasteiger partial charge on any atom is -0.357 e. The zero-order valence-corrected chi connectivity index (χ0v) is 10.3. The van der Waals surface area contributed by atoms with Crippen LogP contribution in [0.3, 0.4) is 0 Å². The van der Waals surface area contributed by atoms with Crippen LogP contribution in [-0.4, -0.2) is 11.5 Å². The molecule has 0 aliphatic rings. The van der Waals surface area contributed by atoms with Crippen molar-refractivity contribution in [2.75, 3.05) is 6.54 Å². The monoisotopic (exact) mass is 216 g/mol. The summed E-state index contributed by atoms with van der Waals surface area (Å²) in [6.45, 7) is 7.60. The van der Waals surface area contributed by atoms with Gasteiger partial charge in [-0.15, -0.1) is 0 Å². The first kappa shape index (κ1) is 11.2. The third kappa shape index (κ3) is 2.12. The number of hydrogen-bond donors (Lipinski definition) is 2. The predicted octanol–water partition coefficient (Wildman–Crippen LogP) is 3.54. The molecule has 0 saturated carbocycles. The van der Waals surface area contributed by atoms with E-state index in [1.807, 2.05) is 0 Å². The van der Waals surface area contributed by atoms with Crippen molar-refractivity contribution in [3.05, 3.63) is 35.5 Å². The largest absolute Gasteiger partial charge is 0.357 e. The van der Waals surface area contributed by atoms with Gasteiger partial charge in [0.05, 0.1) is 0 Å². The van der Waals surface area contributed by atoms with Gasteiger partial charge in [0.25, 0.3) is 0 Å². The highest BCUT2D eigenvalue weighted by Crippen LogP contribution is 2.22. The molecule has 0 aliphatic heterocycles. The van der Waals surface area contributed by atoms with Crippen molar-refractivity contribution in [1.29, 1.82) is 0 Å². The van der Waals surface area contributed by atoms with Crippen molar-refractivity contribution in [3.63, 3.8) is 0 Å². The second-order valence-corrected chi connectivity index (χ2v) is 4.44. The summed E-state index contributed by atoms with van der Waals surface area (Å²) in [4.78, 5) is 3.51. The molecule has 0 aliphatic carbocycles. The fourth-order valence-electron chi connectivity index (χ4n) is 2.03. The highest BCUT2D eigenvalue weighted by Gasteiger charge is 2.08. The Morgan fingerprint density at radius 3 is 2.88 bits per heavy atom. The van der Waals surface area contributed by atoms with Gasteiger partial charge < -0.3 is 10.3 Å². The average Bonchev–Trinajstić information content (AvgIpc) is 2.71. The lowest BCUT2D eigenvalue weighted by molar-refractivity contribution is 0.561. The Labute approximate surface area is 97.1 Å². The standard InChI is InChI=1S/C14H20N2/c1-4-8-15-11(3)13-9-12-7-5-6-10(2)14(12)16-13/h5-7,9,11,15-16H,4,8H2,1-3H3. The summed E-state index contributed by atoms with van der Waals surface area (Å²) in [5, 5.41) is 4.80. The van der Waals surface area contributed by atoms with E-state index in [1.165, 1.54) is 28.6 Å². The average molecular weight is 216 g/mol. The molecule has 86 valence electrons. The molecule has 0 spiro atoms. The topological polar surface area (TPSA) is 27.8 Å². The number of rotatable bonds is 4. The maximum Gasteiger partial charge on any atom is 0.0486 e. The molecule has 2 rings (SSSR count). The summed E-state index contributed by atoms with van der Waals surface area (Å²) in [6, 6.07) is 9.06. The van der Waals surface area contributed by atoms with Gasteiger partial charge in [-0.1, -0.05) is 25.1 Å². The maximum atomic E-state index is 3.51. The van der Waals surface area contributed by atoms with Crippen molar-refractivity contribution < 1.29 is 0 Å². The smallest absolute Gasteiger partial charge is 0.0486 e. The van der Waals surface area contributed by atoms with E-state index in [4.69, 9.17) is 0 Å². The van der Waals surface area contributed by atoms with E-state index in [9.17, 15) is 0 Å². The Morgan fingerprint density at radius 1 is 1.38 bits per heavy atom. The molecule has 0 saturated heterocycles. The van der Waals surface area contributed by atoms with Crippen molar-refractivity contribution >= 4 is 10.9 Å². The summed E-state index contributed by atoms with van der Waals surface area (Å²) in [5.74, 6) is 0. The molecule has 1 aromatic carbocycles. The molecular weight excluding hydrogens is 196 g/mol. The molecule has 16 heavy (non-hydrogen) atoms. The maximum absolute atomic E-state index is 3.51. The van der Waals surface area contributed by atoms with E-state index in [1.54, 1.807) is 0 Å². The molecule has 1 heterocycles. The number of aryl methyl sites for hydroxylation is 1. The second kappa shape index (κ2) is 4.71. The number of aromatic amines is 1. The van der Waals surface area contributed by atoms with Crippen LogP contribution in [0.25, 0.3) is 10.9 Å². The van der Waals surface area contributed by atoms with Crippen molar-refractivity contribution in [2.24, 2.45) is 0 Å². The lowest BCUT2D eigenvalue weighted by atomic mass is 10.1. The minimum atomic E-state index is 0.395. The molecule has 0 radical (unpaired) electrons. The molecule has 1 atom stereocenters. The number of benzene rings is 1. The quantitative estimate of drug-likeness (QED) is 0.804. The highest BCUT2D eigenvalue weighted by atomic mass is 14.9. The lowest BCUT2D eigenvalue weighted by Crippen LogP contribution is -2.19. The third-order valence-electron chi connectivity index (χ3n) is 3.05. The van der Waals surface area contributed by atoms with Crippen molar-refractivity contribution in [3.8, 4) is 0 Å². The summed E-state index contributed by atoms with van der Waals surface area (Å²) >= 11 is 0. The fraction of sp³-hybridized carbons (Fsp3) is 0.429. The molecule has 0 fully saturated rings. The van der Waals surface area contributed by atoms with Gasteiger partial charge in [-0.25, -0.2) is 0 Å². The summed E-state index contributed by atoms with van der Waals surface area (Å²) in [5.41, 5.74) is 3.85. The van der Waals surface area contributed by atoms with Crippen LogP contribution in [0.5, 0.6) is 0 Å². The van der Waals surface area contributed by atoms with E-state index >= 15 is 0 Å². The molecule has 1 aromatic heterocycles. The third-order valence-corrected chi connectivity index (χ3v) is 3.05. The van der Waals surface area contributed by atoms with Crippen LogP contribution < -0.4 is 5.32 Å². The Kier molecular flexibility index (Phi) is 3.30. The lowest BCUT2D eigenvalue weighted by Gasteiger charge is -2.10. The second-order valence-electron chi connectivity index (χ2n) is 4.44. The Balaban J connectivity index is 2.29. The molecule has 2 N–H and O–H groups in total. The molecule has 0 amide bonds. The minimum absolute atomic E-state index is 0.395. The SMILES string of the molecule is CCCNC(C)c1cc2cccc(C)c2[nH]1. The van der Waals surface area contributed by atoms with E-state index in [0.717, 1.165) is 6.54 Å². The summed E-state index contributed by atoms with van der Waals surface area (Å²) in [7, 11) is 0. The Morgan fingerprint density at radius 2 is 2.19 bits per heavy atom. The van der Waals surface area contributed by atoms with Crippen LogP contribution >= 0.6 is 0 Å². The van der Waals surface area contributed by atoms with Gasteiger partial charge in [-0.3, -0.25) is 0 Å². The number of para-hydroxylation sites is 1. The van der Waals surface area contributed by atoms with E-state index in [0.29, 0.717) is 6.04 Å². The number of aromatic nitrogens is 1. The van der Waals surface area contributed by atoms with Gasteiger partial charge in [-0.05, 0) is 43.8 Å².